The molecule has 1 aliphatic rings. The highest BCUT2D eigenvalue weighted by Gasteiger charge is 2.37. The van der Waals surface area contributed by atoms with Gasteiger partial charge in [-0.25, -0.2) is 9.69 Å². The maximum Gasteiger partial charge on any atom is 0.335 e. The molecule has 0 radical (unpaired) electrons. The monoisotopic (exact) mass is 577 g/mol. The number of amides is 5. The lowest BCUT2D eigenvalue weighted by Gasteiger charge is -2.26. The zero-order valence-corrected chi connectivity index (χ0v) is 23.6. The first kappa shape index (κ1) is 29.2. The molecule has 2 N–H and O–H groups in total. The molecule has 11 heteroatoms. The number of rotatable bonds is 9. The molecule has 1 fully saturated rings. The molecule has 10 nitrogen and oxygen atoms in total. The molecule has 0 bridgehead atoms. The molecule has 0 atom stereocenters. The minimum absolute atomic E-state index is 0.0915. The Kier molecular flexibility index (Phi) is 8.94. The van der Waals surface area contributed by atoms with Gasteiger partial charge >= 0.3 is 6.03 Å². The van der Waals surface area contributed by atoms with Crippen LogP contribution in [-0.2, 0) is 14.4 Å². The summed E-state index contributed by atoms with van der Waals surface area (Å²) < 4.78 is 16.5. The molecule has 3 aromatic rings. The summed E-state index contributed by atoms with van der Waals surface area (Å²) in [7, 11) is 1.49. The summed E-state index contributed by atoms with van der Waals surface area (Å²) in [6, 6.07) is 14.0. The number of anilines is 2. The number of hydrogen-bond donors (Lipinski definition) is 2. The lowest BCUT2D eigenvalue weighted by atomic mass is 10.1. The molecule has 1 saturated heterocycles. The Morgan fingerprint density at radius 3 is 2.41 bits per heavy atom. The summed E-state index contributed by atoms with van der Waals surface area (Å²) in [5, 5.41) is 5.07. The summed E-state index contributed by atoms with van der Waals surface area (Å²) in [6.45, 7) is 5.52. The van der Waals surface area contributed by atoms with Gasteiger partial charge in [0.1, 0.15) is 11.3 Å². The van der Waals surface area contributed by atoms with Gasteiger partial charge in [-0.3, -0.25) is 19.7 Å². The van der Waals surface area contributed by atoms with Crippen LogP contribution in [0.3, 0.4) is 0 Å². The van der Waals surface area contributed by atoms with Crippen LogP contribution in [0.15, 0.2) is 60.2 Å². The molecule has 212 valence electrons. The van der Waals surface area contributed by atoms with Crippen molar-refractivity contribution in [3.05, 3.63) is 81.9 Å². The number of halogens is 1. The lowest BCUT2D eigenvalue weighted by Crippen LogP contribution is -2.54. The van der Waals surface area contributed by atoms with E-state index < -0.39 is 23.8 Å². The van der Waals surface area contributed by atoms with Gasteiger partial charge in [-0.2, -0.15) is 0 Å². The van der Waals surface area contributed by atoms with E-state index >= 15 is 0 Å². The summed E-state index contributed by atoms with van der Waals surface area (Å²) in [5.74, 6) is -1.20. The minimum atomic E-state index is -0.877. The van der Waals surface area contributed by atoms with Gasteiger partial charge in [-0.05, 0) is 80.4 Å². The van der Waals surface area contributed by atoms with Crippen molar-refractivity contribution in [2.45, 2.75) is 20.8 Å². The first-order chi connectivity index (χ1) is 19.6. The van der Waals surface area contributed by atoms with Crippen molar-refractivity contribution in [2.75, 3.05) is 30.5 Å². The molecule has 0 spiro atoms. The second kappa shape index (κ2) is 12.6. The molecule has 5 amide bonds. The second-order valence-electron chi connectivity index (χ2n) is 9.07. The fraction of sp³-hybridized carbons (Fsp3) is 0.200. The van der Waals surface area contributed by atoms with Crippen LogP contribution in [0.2, 0.25) is 5.02 Å². The van der Waals surface area contributed by atoms with Crippen molar-refractivity contribution in [3.8, 4) is 17.2 Å². The van der Waals surface area contributed by atoms with Gasteiger partial charge in [0.2, 0.25) is 0 Å². The van der Waals surface area contributed by atoms with Gasteiger partial charge in [-0.15, -0.1) is 0 Å². The molecular weight excluding hydrogens is 550 g/mol. The van der Waals surface area contributed by atoms with Crippen LogP contribution in [0.25, 0.3) is 6.08 Å². The van der Waals surface area contributed by atoms with E-state index in [-0.39, 0.29) is 41.0 Å². The van der Waals surface area contributed by atoms with Gasteiger partial charge in [-0.1, -0.05) is 29.3 Å². The number of urea groups is 1. The van der Waals surface area contributed by atoms with E-state index in [9.17, 15) is 19.2 Å². The topological polar surface area (TPSA) is 123 Å². The van der Waals surface area contributed by atoms with E-state index in [2.05, 4.69) is 10.6 Å². The molecule has 1 heterocycles. The number of carbonyl (C=O) groups excluding carboxylic acids is 4. The number of barbiturate groups is 1. The van der Waals surface area contributed by atoms with E-state index in [4.69, 9.17) is 25.8 Å². The molecular formula is C30H28ClN3O7. The number of hydrogen-bond acceptors (Lipinski definition) is 7. The van der Waals surface area contributed by atoms with E-state index in [1.807, 2.05) is 32.0 Å². The Labute approximate surface area is 241 Å². The largest absolute Gasteiger partial charge is 0.497 e. The molecule has 0 aromatic heterocycles. The van der Waals surface area contributed by atoms with E-state index in [0.29, 0.717) is 17.0 Å². The predicted octanol–water partition coefficient (Wildman–Crippen LogP) is 5.05. The molecule has 1 aliphatic heterocycles. The van der Waals surface area contributed by atoms with Crippen LogP contribution in [0.5, 0.6) is 17.2 Å². The van der Waals surface area contributed by atoms with Crippen molar-refractivity contribution in [1.82, 2.24) is 5.32 Å². The number of methoxy groups -OCH3 is 1. The number of nitrogens with zero attached hydrogens (tertiary/aromatic N) is 1. The van der Waals surface area contributed by atoms with Crippen LogP contribution in [-0.4, -0.2) is 44.1 Å². The highest BCUT2D eigenvalue weighted by atomic mass is 35.5. The average molecular weight is 578 g/mol. The average Bonchev–Trinajstić information content (AvgIpc) is 2.92. The third kappa shape index (κ3) is 6.67. The number of ether oxygens (including phenoxy) is 3. The quantitative estimate of drug-likeness (QED) is 0.269. The molecule has 41 heavy (non-hydrogen) atoms. The van der Waals surface area contributed by atoms with Gasteiger partial charge in [0, 0.05) is 5.69 Å². The molecule has 0 saturated carbocycles. The van der Waals surface area contributed by atoms with Gasteiger partial charge in [0.15, 0.2) is 18.1 Å². The number of imide groups is 2. The maximum atomic E-state index is 13.2. The summed E-state index contributed by atoms with van der Waals surface area (Å²) in [4.78, 5) is 51.8. The molecule has 4 rings (SSSR count). The summed E-state index contributed by atoms with van der Waals surface area (Å²) in [6.07, 6.45) is 1.30. The highest BCUT2D eigenvalue weighted by molar-refractivity contribution is 6.39. The zero-order chi connectivity index (χ0) is 29.7. The number of aryl methyl sites for hydroxylation is 2. The molecule has 3 aromatic carbocycles. The Balaban J connectivity index is 1.57. The van der Waals surface area contributed by atoms with E-state index in [0.717, 1.165) is 16.0 Å². The van der Waals surface area contributed by atoms with Crippen molar-refractivity contribution >= 4 is 52.8 Å². The van der Waals surface area contributed by atoms with Gasteiger partial charge < -0.3 is 19.5 Å². The molecule has 0 unspecified atom stereocenters. The van der Waals surface area contributed by atoms with Crippen molar-refractivity contribution in [1.29, 1.82) is 0 Å². The smallest absolute Gasteiger partial charge is 0.335 e. The highest BCUT2D eigenvalue weighted by Crippen LogP contribution is 2.38. The Morgan fingerprint density at radius 1 is 1.02 bits per heavy atom. The van der Waals surface area contributed by atoms with Crippen LogP contribution in [0.1, 0.15) is 23.6 Å². The number of carbonyl (C=O) groups is 4. The van der Waals surface area contributed by atoms with Crippen LogP contribution in [0, 0.1) is 13.8 Å². The van der Waals surface area contributed by atoms with Gasteiger partial charge in [0.05, 0.1) is 24.4 Å². The molecule has 0 aliphatic carbocycles. The minimum Gasteiger partial charge on any atom is -0.497 e. The van der Waals surface area contributed by atoms with Crippen molar-refractivity contribution < 1.29 is 33.4 Å². The van der Waals surface area contributed by atoms with Crippen molar-refractivity contribution in [3.63, 3.8) is 0 Å². The van der Waals surface area contributed by atoms with E-state index in [1.165, 1.54) is 37.5 Å². The van der Waals surface area contributed by atoms with Gasteiger partial charge in [0.25, 0.3) is 17.7 Å². The third-order valence-corrected chi connectivity index (χ3v) is 6.36. The fourth-order valence-corrected chi connectivity index (χ4v) is 4.42. The first-order valence-electron chi connectivity index (χ1n) is 12.6. The third-order valence-electron chi connectivity index (χ3n) is 6.08. The van der Waals surface area contributed by atoms with Crippen molar-refractivity contribution in [2.24, 2.45) is 0 Å². The summed E-state index contributed by atoms with van der Waals surface area (Å²) in [5.41, 5.74) is 2.96. The Morgan fingerprint density at radius 2 is 1.76 bits per heavy atom. The Hall–Kier alpha value is -4.83. The first-order valence-corrected chi connectivity index (χ1v) is 13.0. The maximum absolute atomic E-state index is 13.2. The summed E-state index contributed by atoms with van der Waals surface area (Å²) >= 11 is 6.50. The standard InChI is InChI=1S/C30H28ClN3O7/c1-5-40-25-15-19(14-23(31)27(25)41-16-26(35)32-24-11-6-17(2)12-18(24)3)13-22-28(36)33-30(38)34(29(22)37)20-7-9-21(39-4)10-8-20/h6-15H,5,16H2,1-4H3,(H,32,35)(H,33,36,38)/b22-13+. The van der Waals surface area contributed by atoms with Crippen LogP contribution < -0.4 is 29.7 Å². The fourth-order valence-electron chi connectivity index (χ4n) is 4.14. The zero-order valence-electron chi connectivity index (χ0n) is 22.9. The predicted molar refractivity (Wildman–Crippen MR) is 155 cm³/mol. The SMILES string of the molecule is CCOc1cc(/C=C2\C(=O)NC(=O)N(c3ccc(OC)cc3)C2=O)cc(Cl)c1OCC(=O)Nc1ccc(C)cc1C. The van der Waals surface area contributed by atoms with Crippen LogP contribution in [0.4, 0.5) is 16.2 Å². The normalized spacial score (nSPS) is 14.1. The van der Waals surface area contributed by atoms with Crippen LogP contribution >= 0.6 is 11.6 Å². The Bertz CT molecular complexity index is 1550. The van der Waals surface area contributed by atoms with E-state index in [1.54, 1.807) is 19.1 Å². The lowest BCUT2D eigenvalue weighted by molar-refractivity contribution is -0.122. The number of nitrogens with one attached hydrogen (secondary N) is 2. The second-order valence-corrected chi connectivity index (χ2v) is 9.48. The number of benzene rings is 3.